The number of nitrogens with one attached hydrogen (secondary N) is 1. The molecule has 120 valence electrons. The lowest BCUT2D eigenvalue weighted by Gasteiger charge is -2.14. The summed E-state index contributed by atoms with van der Waals surface area (Å²) in [5.74, 6) is 1.60. The van der Waals surface area contributed by atoms with Crippen molar-refractivity contribution in [3.8, 4) is 11.5 Å². The van der Waals surface area contributed by atoms with E-state index in [1.807, 2.05) is 19.1 Å². The highest BCUT2D eigenvalue weighted by Crippen LogP contribution is 2.28. The molecule has 0 aliphatic heterocycles. The molecule has 0 fully saturated rings. The van der Waals surface area contributed by atoms with E-state index >= 15 is 0 Å². The second-order valence-corrected chi connectivity index (χ2v) is 4.85. The van der Waals surface area contributed by atoms with Crippen molar-refractivity contribution in [3.05, 3.63) is 23.8 Å². The summed E-state index contributed by atoms with van der Waals surface area (Å²) in [6.07, 6.45) is 2.17. The van der Waals surface area contributed by atoms with Gasteiger partial charge in [-0.3, -0.25) is 0 Å². The molecule has 0 bridgehead atoms. The van der Waals surface area contributed by atoms with Gasteiger partial charge in [0, 0.05) is 13.2 Å². The van der Waals surface area contributed by atoms with Crippen LogP contribution in [0.25, 0.3) is 0 Å². The summed E-state index contributed by atoms with van der Waals surface area (Å²) in [6.45, 7) is 10.7. The Morgan fingerprint density at radius 2 is 1.76 bits per heavy atom. The van der Waals surface area contributed by atoms with Gasteiger partial charge in [0.1, 0.15) is 6.61 Å². The molecule has 0 aromatic heterocycles. The molecular formula is C17H29NO3. The van der Waals surface area contributed by atoms with Crippen molar-refractivity contribution >= 4 is 0 Å². The maximum atomic E-state index is 5.75. The first-order valence-electron chi connectivity index (χ1n) is 7.98. The number of ether oxygens (including phenoxy) is 3. The average molecular weight is 295 g/mol. The van der Waals surface area contributed by atoms with E-state index < -0.39 is 0 Å². The summed E-state index contributed by atoms with van der Waals surface area (Å²) in [5.41, 5.74) is 1.21. The summed E-state index contributed by atoms with van der Waals surface area (Å²) < 4.78 is 16.8. The first-order valence-corrected chi connectivity index (χ1v) is 7.98. The van der Waals surface area contributed by atoms with Crippen LogP contribution in [0.4, 0.5) is 0 Å². The van der Waals surface area contributed by atoms with Crippen molar-refractivity contribution in [2.45, 2.75) is 40.2 Å². The third-order valence-electron chi connectivity index (χ3n) is 2.90. The molecule has 0 saturated carbocycles. The Morgan fingerprint density at radius 1 is 0.905 bits per heavy atom. The van der Waals surface area contributed by atoms with E-state index in [0.717, 1.165) is 44.0 Å². The van der Waals surface area contributed by atoms with Gasteiger partial charge in [0.15, 0.2) is 11.5 Å². The molecule has 0 spiro atoms. The average Bonchev–Trinajstić information content (AvgIpc) is 2.49. The first kappa shape index (κ1) is 17.8. The van der Waals surface area contributed by atoms with Gasteiger partial charge in [0.05, 0.1) is 13.2 Å². The van der Waals surface area contributed by atoms with Crippen LogP contribution in [0.1, 0.15) is 39.2 Å². The minimum atomic E-state index is 0.549. The Labute approximate surface area is 128 Å². The number of rotatable bonds is 12. The second-order valence-electron chi connectivity index (χ2n) is 4.85. The summed E-state index contributed by atoms with van der Waals surface area (Å²) in [4.78, 5) is 0. The molecule has 0 aliphatic rings. The largest absolute Gasteiger partial charge is 0.490 e. The fraction of sp³-hybridized carbons (Fsp3) is 0.647. The molecule has 0 saturated heterocycles. The van der Waals surface area contributed by atoms with E-state index in [-0.39, 0.29) is 0 Å². The van der Waals surface area contributed by atoms with Crippen LogP contribution in [0.15, 0.2) is 18.2 Å². The van der Waals surface area contributed by atoms with Crippen molar-refractivity contribution < 1.29 is 14.2 Å². The van der Waals surface area contributed by atoms with Gasteiger partial charge in [-0.1, -0.05) is 19.9 Å². The quantitative estimate of drug-likeness (QED) is 0.600. The van der Waals surface area contributed by atoms with Gasteiger partial charge in [0.25, 0.3) is 0 Å². The van der Waals surface area contributed by atoms with Crippen LogP contribution in [0.3, 0.4) is 0 Å². The van der Waals surface area contributed by atoms with E-state index in [4.69, 9.17) is 14.2 Å². The Morgan fingerprint density at radius 3 is 2.48 bits per heavy atom. The fourth-order valence-electron chi connectivity index (χ4n) is 1.92. The molecule has 1 rings (SSSR count). The maximum absolute atomic E-state index is 5.75. The Hall–Kier alpha value is -1.26. The molecule has 0 amide bonds. The van der Waals surface area contributed by atoms with Gasteiger partial charge in [0.2, 0.25) is 0 Å². The van der Waals surface area contributed by atoms with E-state index in [1.165, 1.54) is 5.56 Å². The predicted octanol–water partition coefficient (Wildman–Crippen LogP) is 3.39. The lowest BCUT2D eigenvalue weighted by atomic mass is 10.2. The summed E-state index contributed by atoms with van der Waals surface area (Å²) >= 11 is 0. The highest BCUT2D eigenvalue weighted by molar-refractivity contribution is 5.43. The highest BCUT2D eigenvalue weighted by Gasteiger charge is 2.06. The predicted molar refractivity (Wildman–Crippen MR) is 86.2 cm³/mol. The molecular weight excluding hydrogens is 266 g/mol. The molecule has 0 atom stereocenters. The normalized spacial score (nSPS) is 10.6. The molecule has 0 aliphatic carbocycles. The van der Waals surface area contributed by atoms with E-state index in [2.05, 4.69) is 25.2 Å². The van der Waals surface area contributed by atoms with Gasteiger partial charge in [-0.15, -0.1) is 0 Å². The van der Waals surface area contributed by atoms with Crippen LogP contribution in [-0.2, 0) is 11.3 Å². The SMILES string of the molecule is CCCNCc1ccc(OCCOCCC)c(OCC)c1. The number of hydrogen-bond acceptors (Lipinski definition) is 4. The molecule has 21 heavy (non-hydrogen) atoms. The summed E-state index contributed by atoms with van der Waals surface area (Å²) in [6, 6.07) is 6.11. The summed E-state index contributed by atoms with van der Waals surface area (Å²) in [5, 5.41) is 3.39. The number of benzene rings is 1. The molecule has 0 heterocycles. The van der Waals surface area contributed by atoms with Gasteiger partial charge >= 0.3 is 0 Å². The molecule has 1 N–H and O–H groups in total. The van der Waals surface area contributed by atoms with Crippen LogP contribution < -0.4 is 14.8 Å². The molecule has 1 aromatic rings. The summed E-state index contributed by atoms with van der Waals surface area (Å²) in [7, 11) is 0. The number of hydrogen-bond donors (Lipinski definition) is 1. The third-order valence-corrected chi connectivity index (χ3v) is 2.90. The van der Waals surface area contributed by atoms with Crippen molar-refractivity contribution in [2.24, 2.45) is 0 Å². The zero-order valence-corrected chi connectivity index (χ0v) is 13.6. The minimum Gasteiger partial charge on any atom is -0.490 e. The Kier molecular flexibility index (Phi) is 9.66. The van der Waals surface area contributed by atoms with Gasteiger partial charge < -0.3 is 19.5 Å². The van der Waals surface area contributed by atoms with E-state index in [9.17, 15) is 0 Å². The molecule has 1 aromatic carbocycles. The lowest BCUT2D eigenvalue weighted by Crippen LogP contribution is -2.14. The minimum absolute atomic E-state index is 0.549. The van der Waals surface area contributed by atoms with Crippen molar-refractivity contribution in [1.29, 1.82) is 0 Å². The smallest absolute Gasteiger partial charge is 0.161 e. The Bertz CT molecular complexity index is 382. The van der Waals surface area contributed by atoms with Gasteiger partial charge in [-0.05, 0) is 44.0 Å². The molecule has 4 heteroatoms. The Balaban J connectivity index is 2.52. The van der Waals surface area contributed by atoms with E-state index in [0.29, 0.717) is 19.8 Å². The molecule has 0 radical (unpaired) electrons. The van der Waals surface area contributed by atoms with Crippen LogP contribution in [0.2, 0.25) is 0 Å². The van der Waals surface area contributed by atoms with Gasteiger partial charge in [-0.25, -0.2) is 0 Å². The monoisotopic (exact) mass is 295 g/mol. The standard InChI is InChI=1S/C17H29NO3/c1-4-9-18-14-15-7-8-16(17(13-15)20-6-3)21-12-11-19-10-5-2/h7-8,13,18H,4-6,9-12,14H2,1-3H3. The fourth-order valence-corrected chi connectivity index (χ4v) is 1.92. The third kappa shape index (κ3) is 7.34. The molecule has 0 unspecified atom stereocenters. The highest BCUT2D eigenvalue weighted by atomic mass is 16.5. The maximum Gasteiger partial charge on any atom is 0.161 e. The van der Waals surface area contributed by atoms with Crippen LogP contribution in [0.5, 0.6) is 11.5 Å². The topological polar surface area (TPSA) is 39.7 Å². The first-order chi connectivity index (χ1) is 10.3. The zero-order valence-electron chi connectivity index (χ0n) is 13.6. The van der Waals surface area contributed by atoms with Crippen molar-refractivity contribution in [2.75, 3.05) is 33.0 Å². The van der Waals surface area contributed by atoms with Crippen LogP contribution >= 0.6 is 0 Å². The van der Waals surface area contributed by atoms with Crippen LogP contribution in [0, 0.1) is 0 Å². The van der Waals surface area contributed by atoms with Crippen molar-refractivity contribution in [3.63, 3.8) is 0 Å². The lowest BCUT2D eigenvalue weighted by molar-refractivity contribution is 0.0992. The molecule has 4 nitrogen and oxygen atoms in total. The van der Waals surface area contributed by atoms with E-state index in [1.54, 1.807) is 0 Å². The van der Waals surface area contributed by atoms with Crippen molar-refractivity contribution in [1.82, 2.24) is 5.32 Å². The van der Waals surface area contributed by atoms with Crippen LogP contribution in [-0.4, -0.2) is 33.0 Å². The second kappa shape index (κ2) is 11.4. The zero-order chi connectivity index (χ0) is 15.3. The van der Waals surface area contributed by atoms with Gasteiger partial charge in [-0.2, -0.15) is 0 Å².